The normalized spacial score (nSPS) is 32.8. The zero-order valence-corrected chi connectivity index (χ0v) is 9.96. The third-order valence-electron chi connectivity index (χ3n) is 3.66. The zero-order valence-electron chi connectivity index (χ0n) is 9.96. The number of ketones is 1. The maximum Gasteiger partial charge on any atom is 0.317 e. The molecule has 1 aliphatic carbocycles. The summed E-state index contributed by atoms with van der Waals surface area (Å²) in [5, 5.41) is 9.28. The Morgan fingerprint density at radius 3 is 2.33 bits per heavy atom. The van der Waals surface area contributed by atoms with E-state index in [1.54, 1.807) is 6.92 Å². The highest BCUT2D eigenvalue weighted by Crippen LogP contribution is 2.47. The van der Waals surface area contributed by atoms with Crippen LogP contribution >= 0.6 is 0 Å². The number of carbonyl (C=O) groups excluding carboxylic acids is 1. The lowest BCUT2D eigenvalue weighted by atomic mass is 9.58. The van der Waals surface area contributed by atoms with Gasteiger partial charge in [-0.1, -0.05) is 20.8 Å². The van der Waals surface area contributed by atoms with Gasteiger partial charge in [-0.2, -0.15) is 0 Å². The smallest absolute Gasteiger partial charge is 0.317 e. The Hall–Kier alpha value is -0.860. The van der Waals surface area contributed by atoms with Gasteiger partial charge in [0.25, 0.3) is 0 Å². The van der Waals surface area contributed by atoms with Gasteiger partial charge in [0.05, 0.1) is 0 Å². The van der Waals surface area contributed by atoms with Crippen LogP contribution in [0, 0.1) is 16.7 Å². The summed E-state index contributed by atoms with van der Waals surface area (Å²) in [4.78, 5) is 23.2. The lowest BCUT2D eigenvalue weighted by Crippen LogP contribution is -2.50. The van der Waals surface area contributed by atoms with Gasteiger partial charge in [0.2, 0.25) is 0 Å². The second-order valence-electron chi connectivity index (χ2n) is 5.74. The van der Waals surface area contributed by atoms with Crippen LogP contribution in [0.2, 0.25) is 0 Å². The van der Waals surface area contributed by atoms with Gasteiger partial charge in [0.15, 0.2) is 0 Å². The highest BCUT2D eigenvalue weighted by atomic mass is 16.4. The fraction of sp³-hybridized carbons (Fsp3) is 0.833. The second kappa shape index (κ2) is 3.62. The van der Waals surface area contributed by atoms with Gasteiger partial charge in [0.1, 0.15) is 11.2 Å². The van der Waals surface area contributed by atoms with Crippen LogP contribution in [0.4, 0.5) is 0 Å². The van der Waals surface area contributed by atoms with Gasteiger partial charge in [-0.05, 0) is 31.1 Å². The summed E-state index contributed by atoms with van der Waals surface area (Å²) in [6, 6.07) is 0. The van der Waals surface area contributed by atoms with Crippen molar-refractivity contribution in [2.75, 3.05) is 0 Å². The standard InChI is InChI=1S/C12H20O3/c1-11(2,3)8-6-5-7-9(13)12(8,4)10(14)15/h8H,5-7H2,1-4H3,(H,14,15). The molecule has 0 aromatic rings. The molecule has 0 aromatic carbocycles. The molecular weight excluding hydrogens is 192 g/mol. The first-order valence-corrected chi connectivity index (χ1v) is 5.47. The summed E-state index contributed by atoms with van der Waals surface area (Å²) in [6.07, 6.45) is 2.07. The van der Waals surface area contributed by atoms with Crippen molar-refractivity contribution >= 4 is 11.8 Å². The fourth-order valence-electron chi connectivity index (χ4n) is 2.78. The van der Waals surface area contributed by atoms with Crippen molar-refractivity contribution in [3.05, 3.63) is 0 Å². The quantitative estimate of drug-likeness (QED) is 0.679. The average molecular weight is 212 g/mol. The molecule has 1 fully saturated rings. The van der Waals surface area contributed by atoms with Crippen molar-refractivity contribution < 1.29 is 14.7 Å². The summed E-state index contributed by atoms with van der Waals surface area (Å²) >= 11 is 0. The van der Waals surface area contributed by atoms with Crippen LogP contribution in [0.3, 0.4) is 0 Å². The molecule has 1 rings (SSSR count). The van der Waals surface area contributed by atoms with Crippen LogP contribution in [0.15, 0.2) is 0 Å². The van der Waals surface area contributed by atoms with Crippen molar-refractivity contribution in [1.29, 1.82) is 0 Å². The van der Waals surface area contributed by atoms with Crippen LogP contribution in [0.25, 0.3) is 0 Å². The lowest BCUT2D eigenvalue weighted by Gasteiger charge is -2.44. The maximum absolute atomic E-state index is 11.8. The minimum Gasteiger partial charge on any atom is -0.480 e. The van der Waals surface area contributed by atoms with E-state index in [0.29, 0.717) is 6.42 Å². The highest BCUT2D eigenvalue weighted by Gasteiger charge is 2.53. The molecule has 0 radical (unpaired) electrons. The summed E-state index contributed by atoms with van der Waals surface area (Å²) < 4.78 is 0. The third kappa shape index (κ3) is 1.92. The molecule has 0 aromatic heterocycles. The predicted octanol–water partition coefficient (Wildman–Crippen LogP) is 2.49. The van der Waals surface area contributed by atoms with Crippen molar-refractivity contribution in [2.24, 2.45) is 16.7 Å². The molecule has 0 bridgehead atoms. The summed E-state index contributed by atoms with van der Waals surface area (Å²) in [5.74, 6) is -1.14. The van der Waals surface area contributed by atoms with Gasteiger partial charge in [-0.25, -0.2) is 0 Å². The predicted molar refractivity (Wildman–Crippen MR) is 57.5 cm³/mol. The highest BCUT2D eigenvalue weighted by molar-refractivity contribution is 6.03. The first-order valence-electron chi connectivity index (χ1n) is 5.47. The molecule has 3 heteroatoms. The van der Waals surface area contributed by atoms with Crippen molar-refractivity contribution in [3.8, 4) is 0 Å². The second-order valence-corrected chi connectivity index (χ2v) is 5.74. The van der Waals surface area contributed by atoms with Gasteiger partial charge in [0, 0.05) is 6.42 Å². The molecule has 0 heterocycles. The number of hydrogen-bond donors (Lipinski definition) is 1. The number of hydrogen-bond acceptors (Lipinski definition) is 2. The maximum atomic E-state index is 11.8. The van der Waals surface area contributed by atoms with E-state index >= 15 is 0 Å². The van der Waals surface area contributed by atoms with Gasteiger partial charge >= 0.3 is 5.97 Å². The minimum absolute atomic E-state index is 0.0660. The van der Waals surface area contributed by atoms with E-state index in [1.807, 2.05) is 20.8 Å². The van der Waals surface area contributed by atoms with E-state index < -0.39 is 11.4 Å². The van der Waals surface area contributed by atoms with Crippen molar-refractivity contribution in [2.45, 2.75) is 47.0 Å². The first-order chi connectivity index (χ1) is 6.70. The Kier molecular flexibility index (Phi) is 2.94. The molecular formula is C12H20O3. The largest absolute Gasteiger partial charge is 0.480 e. The van der Waals surface area contributed by atoms with Crippen LogP contribution in [-0.4, -0.2) is 16.9 Å². The molecule has 0 spiro atoms. The van der Waals surface area contributed by atoms with Gasteiger partial charge in [-0.15, -0.1) is 0 Å². The van der Waals surface area contributed by atoms with Crippen LogP contribution in [0.5, 0.6) is 0 Å². The zero-order chi connectivity index (χ0) is 11.9. The minimum atomic E-state index is -1.18. The fourth-order valence-corrected chi connectivity index (χ4v) is 2.78. The van der Waals surface area contributed by atoms with E-state index in [-0.39, 0.29) is 17.1 Å². The number of carbonyl (C=O) groups is 2. The third-order valence-corrected chi connectivity index (χ3v) is 3.66. The summed E-state index contributed by atoms with van der Waals surface area (Å²) in [5.41, 5.74) is -1.32. The molecule has 0 aliphatic heterocycles. The molecule has 2 unspecified atom stereocenters. The van der Waals surface area contributed by atoms with E-state index in [0.717, 1.165) is 12.8 Å². The molecule has 0 amide bonds. The van der Waals surface area contributed by atoms with Gasteiger partial charge < -0.3 is 5.11 Å². The summed E-state index contributed by atoms with van der Waals surface area (Å²) in [6.45, 7) is 7.62. The molecule has 3 nitrogen and oxygen atoms in total. The molecule has 15 heavy (non-hydrogen) atoms. The Morgan fingerprint density at radius 2 is 2.00 bits per heavy atom. The lowest BCUT2D eigenvalue weighted by molar-refractivity contribution is -0.164. The molecule has 1 saturated carbocycles. The first kappa shape index (κ1) is 12.2. The number of rotatable bonds is 1. The average Bonchev–Trinajstić information content (AvgIpc) is 2.07. The Labute approximate surface area is 90.9 Å². The Bertz CT molecular complexity index is 288. The van der Waals surface area contributed by atoms with E-state index in [2.05, 4.69) is 0 Å². The van der Waals surface area contributed by atoms with Crippen LogP contribution in [0.1, 0.15) is 47.0 Å². The molecule has 86 valence electrons. The number of Topliss-reactive ketones (excluding diaryl/α,β-unsaturated/α-hetero) is 1. The van der Waals surface area contributed by atoms with Crippen LogP contribution in [-0.2, 0) is 9.59 Å². The van der Waals surface area contributed by atoms with Gasteiger partial charge in [-0.3, -0.25) is 9.59 Å². The topological polar surface area (TPSA) is 54.4 Å². The van der Waals surface area contributed by atoms with E-state index in [1.165, 1.54) is 0 Å². The Morgan fingerprint density at radius 1 is 1.47 bits per heavy atom. The number of carboxylic acids is 1. The molecule has 1 N–H and O–H groups in total. The SMILES string of the molecule is CC(C)(C)C1CCCC(=O)C1(C)C(=O)O. The van der Waals surface area contributed by atoms with Crippen LogP contribution < -0.4 is 0 Å². The number of aliphatic carboxylic acids is 1. The molecule has 1 aliphatic rings. The monoisotopic (exact) mass is 212 g/mol. The molecule has 0 saturated heterocycles. The van der Waals surface area contributed by atoms with Crippen molar-refractivity contribution in [3.63, 3.8) is 0 Å². The van der Waals surface area contributed by atoms with E-state index in [9.17, 15) is 14.7 Å². The Balaban J connectivity index is 3.14. The van der Waals surface area contributed by atoms with Crippen molar-refractivity contribution in [1.82, 2.24) is 0 Å². The summed E-state index contributed by atoms with van der Waals surface area (Å²) in [7, 11) is 0. The van der Waals surface area contributed by atoms with E-state index in [4.69, 9.17) is 0 Å². The molecule has 2 atom stereocenters. The number of carboxylic acid groups (broad SMARTS) is 1.